The Morgan fingerprint density at radius 3 is 2.86 bits per heavy atom. The number of fused-ring (bicyclic) bond motifs is 1. The smallest absolute Gasteiger partial charge is 0.227 e. The summed E-state index contributed by atoms with van der Waals surface area (Å²) in [7, 11) is 3.83. The van der Waals surface area contributed by atoms with Gasteiger partial charge in [-0.1, -0.05) is 18.6 Å². The van der Waals surface area contributed by atoms with Crippen molar-refractivity contribution in [3.8, 4) is 0 Å². The summed E-state index contributed by atoms with van der Waals surface area (Å²) >= 11 is 0. The van der Waals surface area contributed by atoms with Crippen LogP contribution in [0.1, 0.15) is 25.1 Å². The molecule has 5 heteroatoms. The second-order valence-electron chi connectivity index (χ2n) is 5.97. The van der Waals surface area contributed by atoms with Gasteiger partial charge in [0.2, 0.25) is 5.91 Å². The topological polar surface area (TPSA) is 64.2 Å². The van der Waals surface area contributed by atoms with Gasteiger partial charge in [-0.3, -0.25) is 4.79 Å². The molecule has 1 aliphatic carbocycles. The summed E-state index contributed by atoms with van der Waals surface area (Å²) in [5.74, 6) is 1.02. The fourth-order valence-corrected chi connectivity index (χ4v) is 3.21. The van der Waals surface area contributed by atoms with Crippen molar-refractivity contribution in [3.63, 3.8) is 0 Å². The summed E-state index contributed by atoms with van der Waals surface area (Å²) in [6, 6.07) is 8.03. The highest BCUT2D eigenvalue weighted by atomic mass is 16.2. The Labute approximate surface area is 124 Å². The summed E-state index contributed by atoms with van der Waals surface area (Å²) in [4.78, 5) is 18.9. The number of aromatic nitrogens is 2. The molecule has 2 aromatic rings. The summed E-state index contributed by atoms with van der Waals surface area (Å²) in [6.07, 6.45) is 2.92. The van der Waals surface area contributed by atoms with Crippen molar-refractivity contribution < 1.29 is 4.79 Å². The molecule has 0 unspecified atom stereocenters. The molecule has 1 aliphatic rings. The second kappa shape index (κ2) is 5.48. The monoisotopic (exact) mass is 286 g/mol. The Morgan fingerprint density at radius 2 is 2.19 bits per heavy atom. The molecule has 112 valence electrons. The van der Waals surface area contributed by atoms with Crippen molar-refractivity contribution in [3.05, 3.63) is 30.1 Å². The molecule has 2 N–H and O–H groups in total. The van der Waals surface area contributed by atoms with Gasteiger partial charge in [-0.2, -0.15) is 0 Å². The van der Waals surface area contributed by atoms with Gasteiger partial charge in [0, 0.05) is 20.1 Å². The van der Waals surface area contributed by atoms with E-state index in [1.807, 2.05) is 42.9 Å². The van der Waals surface area contributed by atoms with E-state index >= 15 is 0 Å². The Morgan fingerprint density at radius 1 is 1.43 bits per heavy atom. The largest absolute Gasteiger partial charge is 0.338 e. The molecule has 0 aliphatic heterocycles. The summed E-state index contributed by atoms with van der Waals surface area (Å²) in [5.41, 5.74) is 8.09. The van der Waals surface area contributed by atoms with Gasteiger partial charge < -0.3 is 15.2 Å². The molecule has 0 saturated heterocycles. The zero-order valence-corrected chi connectivity index (χ0v) is 12.6. The number of nitrogens with zero attached hydrogens (tertiary/aromatic N) is 3. The third kappa shape index (κ3) is 2.53. The first-order valence-corrected chi connectivity index (χ1v) is 7.49. The van der Waals surface area contributed by atoms with Crippen molar-refractivity contribution in [2.45, 2.75) is 31.8 Å². The maximum absolute atomic E-state index is 12.5. The normalized spacial score (nSPS) is 21.9. The van der Waals surface area contributed by atoms with Crippen LogP contribution in [0.2, 0.25) is 0 Å². The van der Waals surface area contributed by atoms with Gasteiger partial charge in [-0.05, 0) is 25.0 Å². The van der Waals surface area contributed by atoms with E-state index in [4.69, 9.17) is 5.73 Å². The zero-order chi connectivity index (χ0) is 15.0. The number of amides is 1. The number of rotatable bonds is 3. The number of carbonyl (C=O) groups excluding carboxylic acids is 1. The van der Waals surface area contributed by atoms with E-state index in [-0.39, 0.29) is 17.9 Å². The first-order chi connectivity index (χ1) is 10.1. The van der Waals surface area contributed by atoms with Crippen molar-refractivity contribution in [1.29, 1.82) is 0 Å². The van der Waals surface area contributed by atoms with Gasteiger partial charge in [0.1, 0.15) is 5.82 Å². The number of imidazole rings is 1. The molecule has 0 spiro atoms. The van der Waals surface area contributed by atoms with Gasteiger partial charge in [-0.15, -0.1) is 0 Å². The fraction of sp³-hybridized carbons (Fsp3) is 0.500. The van der Waals surface area contributed by atoms with E-state index in [0.717, 1.165) is 36.1 Å². The molecule has 1 aromatic carbocycles. The SMILES string of the molecule is CN(Cc1nc2ccccc2n1C)C(=O)[C@H]1CCC[C@@H]1N. The Hall–Kier alpha value is -1.88. The first-order valence-electron chi connectivity index (χ1n) is 7.49. The molecule has 0 bridgehead atoms. The average molecular weight is 286 g/mol. The molecule has 0 radical (unpaired) electrons. The number of carbonyl (C=O) groups is 1. The van der Waals surface area contributed by atoms with Gasteiger partial charge >= 0.3 is 0 Å². The van der Waals surface area contributed by atoms with Crippen LogP contribution in [0.3, 0.4) is 0 Å². The lowest BCUT2D eigenvalue weighted by atomic mass is 10.0. The van der Waals surface area contributed by atoms with Crippen LogP contribution < -0.4 is 5.73 Å². The standard InChI is InChI=1S/C16H22N4O/c1-19(16(21)11-6-5-7-12(11)17)10-15-18-13-8-3-4-9-14(13)20(15)2/h3-4,8-9,11-12H,5-7,10,17H2,1-2H3/t11-,12-/m0/s1. The molecule has 1 saturated carbocycles. The highest BCUT2D eigenvalue weighted by Gasteiger charge is 2.32. The van der Waals surface area contributed by atoms with Crippen LogP contribution in [0.25, 0.3) is 11.0 Å². The van der Waals surface area contributed by atoms with E-state index in [1.165, 1.54) is 0 Å². The van der Waals surface area contributed by atoms with Gasteiger partial charge in [0.05, 0.1) is 23.5 Å². The number of nitrogens with two attached hydrogens (primary N) is 1. The summed E-state index contributed by atoms with van der Waals surface area (Å²) in [5, 5.41) is 0. The number of aryl methyl sites for hydroxylation is 1. The van der Waals surface area contributed by atoms with Crippen LogP contribution in [-0.2, 0) is 18.4 Å². The minimum atomic E-state index is -0.0234. The highest BCUT2D eigenvalue weighted by molar-refractivity contribution is 5.80. The van der Waals surface area contributed by atoms with Crippen LogP contribution in [-0.4, -0.2) is 33.4 Å². The second-order valence-corrected chi connectivity index (χ2v) is 5.97. The van der Waals surface area contributed by atoms with E-state index < -0.39 is 0 Å². The Kier molecular flexibility index (Phi) is 3.68. The van der Waals surface area contributed by atoms with Gasteiger partial charge in [0.15, 0.2) is 0 Å². The number of hydrogen-bond acceptors (Lipinski definition) is 3. The number of hydrogen-bond donors (Lipinski definition) is 1. The van der Waals surface area contributed by atoms with Crippen LogP contribution in [0.4, 0.5) is 0 Å². The van der Waals surface area contributed by atoms with Crippen LogP contribution in [0.15, 0.2) is 24.3 Å². The third-order valence-corrected chi connectivity index (χ3v) is 4.52. The van der Waals surface area contributed by atoms with E-state index in [1.54, 1.807) is 4.90 Å². The van der Waals surface area contributed by atoms with Crippen LogP contribution in [0.5, 0.6) is 0 Å². The average Bonchev–Trinajstić information content (AvgIpc) is 3.03. The molecular weight excluding hydrogens is 264 g/mol. The minimum absolute atomic E-state index is 0.0143. The Bertz CT molecular complexity index is 663. The van der Waals surface area contributed by atoms with Crippen molar-refractivity contribution in [2.75, 3.05) is 7.05 Å². The summed E-state index contributed by atoms with van der Waals surface area (Å²) in [6.45, 7) is 0.521. The number of benzene rings is 1. The Balaban J connectivity index is 1.78. The first kappa shape index (κ1) is 14.1. The number of para-hydroxylation sites is 2. The zero-order valence-electron chi connectivity index (χ0n) is 12.6. The summed E-state index contributed by atoms with van der Waals surface area (Å²) < 4.78 is 2.05. The lowest BCUT2D eigenvalue weighted by Gasteiger charge is -2.23. The molecule has 2 atom stereocenters. The molecule has 5 nitrogen and oxygen atoms in total. The van der Waals surface area contributed by atoms with Gasteiger partial charge in [-0.25, -0.2) is 4.98 Å². The maximum atomic E-state index is 12.5. The highest BCUT2D eigenvalue weighted by Crippen LogP contribution is 2.26. The molecule has 3 rings (SSSR count). The third-order valence-electron chi connectivity index (χ3n) is 4.52. The molecule has 1 aromatic heterocycles. The maximum Gasteiger partial charge on any atom is 0.227 e. The van der Waals surface area contributed by atoms with E-state index in [0.29, 0.717) is 6.54 Å². The van der Waals surface area contributed by atoms with Crippen molar-refractivity contribution in [2.24, 2.45) is 18.7 Å². The lowest BCUT2D eigenvalue weighted by molar-refractivity contribution is -0.135. The van der Waals surface area contributed by atoms with Gasteiger partial charge in [0.25, 0.3) is 0 Å². The predicted octanol–water partition coefficient (Wildman–Crippen LogP) is 1.66. The van der Waals surface area contributed by atoms with Crippen molar-refractivity contribution in [1.82, 2.24) is 14.5 Å². The van der Waals surface area contributed by atoms with Crippen LogP contribution >= 0.6 is 0 Å². The van der Waals surface area contributed by atoms with E-state index in [2.05, 4.69) is 4.98 Å². The van der Waals surface area contributed by atoms with E-state index in [9.17, 15) is 4.79 Å². The lowest BCUT2D eigenvalue weighted by Crippen LogP contribution is -2.39. The molecule has 1 amide bonds. The molecular formula is C16H22N4O. The quantitative estimate of drug-likeness (QED) is 0.933. The van der Waals surface area contributed by atoms with Crippen LogP contribution in [0, 0.1) is 5.92 Å². The molecule has 1 fully saturated rings. The predicted molar refractivity (Wildman–Crippen MR) is 82.5 cm³/mol. The van der Waals surface area contributed by atoms with Crippen molar-refractivity contribution >= 4 is 16.9 Å². The minimum Gasteiger partial charge on any atom is -0.338 e. The molecule has 21 heavy (non-hydrogen) atoms. The fourth-order valence-electron chi connectivity index (χ4n) is 3.21. The molecule has 1 heterocycles.